The van der Waals surface area contributed by atoms with Crippen LogP contribution in [-0.4, -0.2) is 22.0 Å². The highest BCUT2D eigenvalue weighted by Gasteiger charge is 2.27. The number of rotatable bonds is 3. The minimum absolute atomic E-state index is 0.0574. The molecular weight excluding hydrogens is 217 g/mol. The number of aromatic nitrogens is 2. The van der Waals surface area contributed by atoms with Crippen molar-refractivity contribution < 1.29 is 4.39 Å². The molecule has 0 radical (unpaired) electrons. The lowest BCUT2D eigenvalue weighted by atomic mass is 10.1. The highest BCUT2D eigenvalue weighted by Crippen LogP contribution is 2.26. The lowest BCUT2D eigenvalue weighted by molar-refractivity contribution is 0.278. The van der Waals surface area contributed by atoms with Gasteiger partial charge in [-0.1, -0.05) is 0 Å². The summed E-state index contributed by atoms with van der Waals surface area (Å²) in [4.78, 5) is 0. The van der Waals surface area contributed by atoms with E-state index in [0.29, 0.717) is 0 Å². The van der Waals surface area contributed by atoms with Crippen molar-refractivity contribution in [3.05, 3.63) is 17.0 Å². The number of fused-ring (bicyclic) bond motifs is 1. The Labute approximate surface area is 101 Å². The summed E-state index contributed by atoms with van der Waals surface area (Å²) in [7, 11) is 2.00. The minimum Gasteiger partial charge on any atom is -0.306 e. The van der Waals surface area contributed by atoms with Crippen LogP contribution in [0.25, 0.3) is 0 Å². The van der Waals surface area contributed by atoms with E-state index < -0.39 is 6.17 Å². The first-order valence-electron chi connectivity index (χ1n) is 6.67. The summed E-state index contributed by atoms with van der Waals surface area (Å²) < 4.78 is 15.5. The quantitative estimate of drug-likeness (QED) is 0.870. The summed E-state index contributed by atoms with van der Waals surface area (Å²) in [6, 6.07) is 0.0574. The molecule has 3 rings (SSSR count). The SMILES string of the molecule is Cn1nc2c(c1CNC1CCCC1F)CCC2. The van der Waals surface area contributed by atoms with Crippen molar-refractivity contribution in [2.24, 2.45) is 7.05 Å². The molecule has 3 nitrogen and oxygen atoms in total. The van der Waals surface area contributed by atoms with Crippen LogP contribution in [0.2, 0.25) is 0 Å². The van der Waals surface area contributed by atoms with Gasteiger partial charge in [-0.3, -0.25) is 4.68 Å². The number of hydrogen-bond donors (Lipinski definition) is 1. The Morgan fingerprint density at radius 1 is 1.35 bits per heavy atom. The molecule has 94 valence electrons. The van der Waals surface area contributed by atoms with Gasteiger partial charge in [0, 0.05) is 19.6 Å². The first-order chi connectivity index (χ1) is 8.25. The van der Waals surface area contributed by atoms with Crippen LogP contribution in [0.3, 0.4) is 0 Å². The van der Waals surface area contributed by atoms with Gasteiger partial charge in [-0.15, -0.1) is 0 Å². The second-order valence-corrected chi connectivity index (χ2v) is 5.28. The van der Waals surface area contributed by atoms with E-state index in [-0.39, 0.29) is 6.04 Å². The number of aryl methyl sites for hydroxylation is 2. The molecule has 1 N–H and O–H groups in total. The average Bonchev–Trinajstić information content (AvgIpc) is 2.94. The van der Waals surface area contributed by atoms with Crippen molar-refractivity contribution in [3.8, 4) is 0 Å². The Morgan fingerprint density at radius 2 is 2.24 bits per heavy atom. The summed E-state index contributed by atoms with van der Waals surface area (Å²) in [6.45, 7) is 0.768. The standard InChI is InChI=1S/C13H20FN3/c1-17-13(9-4-2-6-11(9)16-17)8-15-12-7-3-5-10(12)14/h10,12,15H,2-8H2,1H3. The summed E-state index contributed by atoms with van der Waals surface area (Å²) in [5.74, 6) is 0. The smallest absolute Gasteiger partial charge is 0.115 e. The predicted molar refractivity (Wildman–Crippen MR) is 64.6 cm³/mol. The molecule has 0 spiro atoms. The number of halogens is 1. The summed E-state index contributed by atoms with van der Waals surface area (Å²) in [5, 5.41) is 7.91. The highest BCUT2D eigenvalue weighted by atomic mass is 19.1. The van der Waals surface area contributed by atoms with E-state index in [2.05, 4.69) is 10.4 Å². The Bertz CT molecular complexity index is 413. The molecule has 4 heteroatoms. The van der Waals surface area contributed by atoms with E-state index in [4.69, 9.17) is 0 Å². The third kappa shape index (κ3) is 1.99. The van der Waals surface area contributed by atoms with Crippen LogP contribution in [0.4, 0.5) is 4.39 Å². The zero-order chi connectivity index (χ0) is 11.8. The highest BCUT2D eigenvalue weighted by molar-refractivity contribution is 5.30. The molecule has 1 fully saturated rings. The van der Waals surface area contributed by atoms with Gasteiger partial charge in [-0.2, -0.15) is 5.10 Å². The molecule has 1 saturated carbocycles. The van der Waals surface area contributed by atoms with Crippen molar-refractivity contribution in [2.75, 3.05) is 0 Å². The molecular formula is C13H20FN3. The zero-order valence-corrected chi connectivity index (χ0v) is 10.4. The average molecular weight is 237 g/mol. The fraction of sp³-hybridized carbons (Fsp3) is 0.769. The topological polar surface area (TPSA) is 29.9 Å². The van der Waals surface area contributed by atoms with E-state index in [1.807, 2.05) is 11.7 Å². The monoisotopic (exact) mass is 237 g/mol. The number of alkyl halides is 1. The fourth-order valence-corrected chi connectivity index (χ4v) is 3.18. The summed E-state index contributed by atoms with van der Waals surface area (Å²) in [5.41, 5.74) is 3.93. The number of nitrogens with one attached hydrogen (secondary N) is 1. The molecule has 0 aliphatic heterocycles. The lowest BCUT2D eigenvalue weighted by Gasteiger charge is -2.15. The van der Waals surface area contributed by atoms with Crippen molar-refractivity contribution in [1.82, 2.24) is 15.1 Å². The van der Waals surface area contributed by atoms with Gasteiger partial charge in [0.1, 0.15) is 6.17 Å². The van der Waals surface area contributed by atoms with Gasteiger partial charge >= 0.3 is 0 Å². The molecule has 1 heterocycles. The molecule has 1 aromatic heterocycles. The van der Waals surface area contributed by atoms with Crippen LogP contribution in [0.5, 0.6) is 0 Å². The minimum atomic E-state index is -0.656. The van der Waals surface area contributed by atoms with Gasteiger partial charge < -0.3 is 5.32 Å². The molecule has 0 aromatic carbocycles. The predicted octanol–water partition coefficient (Wildman–Crippen LogP) is 1.89. The Kier molecular flexibility index (Phi) is 2.90. The van der Waals surface area contributed by atoms with Crippen LogP contribution < -0.4 is 5.32 Å². The molecule has 2 atom stereocenters. The van der Waals surface area contributed by atoms with E-state index in [1.165, 1.54) is 23.4 Å². The number of hydrogen-bond acceptors (Lipinski definition) is 2. The van der Waals surface area contributed by atoms with Crippen LogP contribution in [0.1, 0.15) is 42.6 Å². The van der Waals surface area contributed by atoms with Crippen molar-refractivity contribution in [3.63, 3.8) is 0 Å². The lowest BCUT2D eigenvalue weighted by Crippen LogP contribution is -2.33. The number of nitrogens with zero attached hydrogens (tertiary/aromatic N) is 2. The molecule has 2 aliphatic carbocycles. The fourth-order valence-electron chi connectivity index (χ4n) is 3.18. The first-order valence-corrected chi connectivity index (χ1v) is 6.67. The van der Waals surface area contributed by atoms with Crippen LogP contribution in [-0.2, 0) is 26.4 Å². The van der Waals surface area contributed by atoms with Gasteiger partial charge in [0.15, 0.2) is 0 Å². The van der Waals surface area contributed by atoms with E-state index in [9.17, 15) is 4.39 Å². The molecule has 0 bridgehead atoms. The third-order valence-electron chi connectivity index (χ3n) is 4.16. The van der Waals surface area contributed by atoms with E-state index in [1.54, 1.807) is 0 Å². The van der Waals surface area contributed by atoms with E-state index >= 15 is 0 Å². The van der Waals surface area contributed by atoms with Gasteiger partial charge in [0.25, 0.3) is 0 Å². The summed E-state index contributed by atoms with van der Waals surface area (Å²) in [6.07, 6.45) is 5.53. The second-order valence-electron chi connectivity index (χ2n) is 5.28. The molecule has 0 saturated heterocycles. The van der Waals surface area contributed by atoms with Crippen LogP contribution >= 0.6 is 0 Å². The van der Waals surface area contributed by atoms with Crippen LogP contribution in [0.15, 0.2) is 0 Å². The van der Waals surface area contributed by atoms with Gasteiger partial charge in [-0.25, -0.2) is 4.39 Å². The Balaban J connectivity index is 1.69. The Hall–Kier alpha value is -0.900. The molecule has 1 aromatic rings. The zero-order valence-electron chi connectivity index (χ0n) is 10.4. The maximum atomic E-state index is 13.5. The first kappa shape index (κ1) is 11.2. The normalized spacial score (nSPS) is 27.6. The second kappa shape index (κ2) is 4.41. The van der Waals surface area contributed by atoms with Crippen molar-refractivity contribution in [2.45, 2.75) is 57.3 Å². The largest absolute Gasteiger partial charge is 0.306 e. The molecule has 0 amide bonds. The van der Waals surface area contributed by atoms with Gasteiger partial charge in [0.2, 0.25) is 0 Å². The van der Waals surface area contributed by atoms with Gasteiger partial charge in [0.05, 0.1) is 11.4 Å². The van der Waals surface area contributed by atoms with Crippen molar-refractivity contribution >= 4 is 0 Å². The van der Waals surface area contributed by atoms with E-state index in [0.717, 1.165) is 38.6 Å². The third-order valence-corrected chi connectivity index (χ3v) is 4.16. The maximum absolute atomic E-state index is 13.5. The molecule has 2 unspecified atom stereocenters. The summed E-state index contributed by atoms with van der Waals surface area (Å²) >= 11 is 0. The maximum Gasteiger partial charge on any atom is 0.115 e. The van der Waals surface area contributed by atoms with Crippen molar-refractivity contribution in [1.29, 1.82) is 0 Å². The van der Waals surface area contributed by atoms with Crippen LogP contribution in [0, 0.1) is 0 Å². The van der Waals surface area contributed by atoms with Gasteiger partial charge in [-0.05, 0) is 44.1 Å². The molecule has 2 aliphatic rings. The molecule has 17 heavy (non-hydrogen) atoms. The Morgan fingerprint density at radius 3 is 3.00 bits per heavy atom.